The Labute approximate surface area is 131 Å². The van der Waals surface area contributed by atoms with Crippen molar-refractivity contribution >= 4 is 33.0 Å². The maximum absolute atomic E-state index is 13.7. The molecule has 108 valence electrons. The average Bonchev–Trinajstić information content (AvgIpc) is 2.77. The van der Waals surface area contributed by atoms with Gasteiger partial charge >= 0.3 is 0 Å². The van der Waals surface area contributed by atoms with E-state index in [1.807, 2.05) is 20.0 Å². The molecule has 0 saturated carbocycles. The molecule has 0 amide bonds. The van der Waals surface area contributed by atoms with Gasteiger partial charge in [0.2, 0.25) is 0 Å². The van der Waals surface area contributed by atoms with Crippen molar-refractivity contribution in [2.24, 2.45) is 5.73 Å². The van der Waals surface area contributed by atoms with Crippen molar-refractivity contribution in [2.45, 2.75) is 26.4 Å². The molecule has 2 aromatic rings. The van der Waals surface area contributed by atoms with Gasteiger partial charge in [0.05, 0.1) is 6.54 Å². The van der Waals surface area contributed by atoms with Gasteiger partial charge < -0.3 is 10.6 Å². The molecule has 0 aliphatic rings. The van der Waals surface area contributed by atoms with E-state index in [-0.39, 0.29) is 11.9 Å². The average molecular weight is 357 g/mol. The van der Waals surface area contributed by atoms with E-state index in [4.69, 9.17) is 5.73 Å². The highest BCUT2D eigenvalue weighted by Gasteiger charge is 2.15. The summed E-state index contributed by atoms with van der Waals surface area (Å²) in [6, 6.07) is 5.33. The van der Waals surface area contributed by atoms with Crippen LogP contribution in [-0.4, -0.2) is 7.05 Å². The topological polar surface area (TPSA) is 29.3 Å². The third kappa shape index (κ3) is 3.40. The zero-order chi connectivity index (χ0) is 14.9. The molecule has 0 radical (unpaired) electrons. The molecule has 2 nitrogen and oxygen atoms in total. The van der Waals surface area contributed by atoms with Crippen LogP contribution in [0.25, 0.3) is 0 Å². The molecule has 0 aliphatic heterocycles. The van der Waals surface area contributed by atoms with E-state index in [9.17, 15) is 4.39 Å². The fourth-order valence-electron chi connectivity index (χ4n) is 2.13. The van der Waals surface area contributed by atoms with E-state index >= 15 is 0 Å². The predicted molar refractivity (Wildman–Crippen MR) is 87.9 cm³/mol. The number of nitrogens with zero attached hydrogens (tertiary/aromatic N) is 1. The van der Waals surface area contributed by atoms with Crippen LogP contribution in [0.15, 0.2) is 28.1 Å². The fraction of sp³-hybridized carbons (Fsp3) is 0.333. The Morgan fingerprint density at radius 2 is 2.10 bits per heavy atom. The molecular weight excluding hydrogens is 339 g/mol. The first-order valence-electron chi connectivity index (χ1n) is 6.38. The smallest absolute Gasteiger partial charge is 0.126 e. The molecule has 2 rings (SSSR count). The summed E-state index contributed by atoms with van der Waals surface area (Å²) in [7, 11) is 2.01. The second-order valence-electron chi connectivity index (χ2n) is 5.04. The van der Waals surface area contributed by atoms with Gasteiger partial charge in [0.15, 0.2) is 0 Å². The van der Waals surface area contributed by atoms with Crippen LogP contribution in [-0.2, 0) is 6.54 Å². The molecule has 1 heterocycles. The van der Waals surface area contributed by atoms with Gasteiger partial charge in [-0.05, 0) is 59.1 Å². The fourth-order valence-corrected chi connectivity index (χ4v) is 3.64. The number of aryl methyl sites for hydroxylation is 1. The Morgan fingerprint density at radius 3 is 2.65 bits per heavy atom. The summed E-state index contributed by atoms with van der Waals surface area (Å²) in [4.78, 5) is 3.36. The molecule has 0 bridgehead atoms. The molecular formula is C15H18BrFN2S. The SMILES string of the molecule is Cc1cc(N(C)Cc2cc(Br)cs2)c(C(C)N)cc1F. The van der Waals surface area contributed by atoms with E-state index < -0.39 is 0 Å². The minimum absolute atomic E-state index is 0.197. The van der Waals surface area contributed by atoms with Crippen LogP contribution in [0.3, 0.4) is 0 Å². The Morgan fingerprint density at radius 1 is 1.40 bits per heavy atom. The van der Waals surface area contributed by atoms with Gasteiger partial charge in [0, 0.05) is 33.5 Å². The summed E-state index contributed by atoms with van der Waals surface area (Å²) in [6.45, 7) is 4.43. The number of rotatable bonds is 4. The van der Waals surface area contributed by atoms with Gasteiger partial charge in [-0.3, -0.25) is 0 Å². The monoisotopic (exact) mass is 356 g/mol. The summed E-state index contributed by atoms with van der Waals surface area (Å²) in [5.41, 5.74) is 8.44. The van der Waals surface area contributed by atoms with Crippen LogP contribution in [0.5, 0.6) is 0 Å². The van der Waals surface area contributed by atoms with Gasteiger partial charge in [-0.1, -0.05) is 0 Å². The van der Waals surface area contributed by atoms with Crippen molar-refractivity contribution < 1.29 is 4.39 Å². The minimum atomic E-state index is -0.201. The van der Waals surface area contributed by atoms with E-state index in [0.717, 1.165) is 22.3 Å². The maximum Gasteiger partial charge on any atom is 0.126 e. The first-order valence-corrected chi connectivity index (χ1v) is 8.05. The standard InChI is InChI=1S/C15H18BrFN2S/c1-9-4-15(13(10(2)18)6-14(9)17)19(3)7-12-5-11(16)8-20-12/h4-6,8,10H,7,18H2,1-3H3. The number of anilines is 1. The molecule has 0 aliphatic carbocycles. The third-order valence-electron chi connectivity index (χ3n) is 3.22. The number of nitrogens with two attached hydrogens (primary N) is 1. The summed E-state index contributed by atoms with van der Waals surface area (Å²) in [5, 5.41) is 2.06. The van der Waals surface area contributed by atoms with Crippen LogP contribution in [0.4, 0.5) is 10.1 Å². The van der Waals surface area contributed by atoms with Crippen LogP contribution < -0.4 is 10.6 Å². The molecule has 0 fully saturated rings. The van der Waals surface area contributed by atoms with E-state index in [0.29, 0.717) is 5.56 Å². The highest BCUT2D eigenvalue weighted by molar-refractivity contribution is 9.10. The summed E-state index contributed by atoms with van der Waals surface area (Å²) in [6.07, 6.45) is 0. The van der Waals surface area contributed by atoms with Gasteiger partial charge in [-0.2, -0.15) is 0 Å². The van der Waals surface area contributed by atoms with Crippen LogP contribution in [0.2, 0.25) is 0 Å². The first kappa shape index (κ1) is 15.5. The highest BCUT2D eigenvalue weighted by atomic mass is 79.9. The lowest BCUT2D eigenvalue weighted by Crippen LogP contribution is -2.20. The third-order valence-corrected chi connectivity index (χ3v) is 4.91. The zero-order valence-electron chi connectivity index (χ0n) is 11.8. The predicted octanol–water partition coefficient (Wildman–Crippen LogP) is 4.61. The van der Waals surface area contributed by atoms with Crippen LogP contribution >= 0.6 is 27.3 Å². The number of hydrogen-bond donors (Lipinski definition) is 1. The Bertz CT molecular complexity index is 610. The Kier molecular flexibility index (Phi) is 4.83. The van der Waals surface area contributed by atoms with E-state index in [1.54, 1.807) is 24.3 Å². The minimum Gasteiger partial charge on any atom is -0.369 e. The van der Waals surface area contributed by atoms with Gasteiger partial charge in [0.1, 0.15) is 5.82 Å². The second kappa shape index (κ2) is 6.24. The van der Waals surface area contributed by atoms with Gasteiger partial charge in [-0.25, -0.2) is 4.39 Å². The van der Waals surface area contributed by atoms with Crippen molar-refractivity contribution in [1.29, 1.82) is 0 Å². The normalized spacial score (nSPS) is 12.5. The summed E-state index contributed by atoms with van der Waals surface area (Å²) >= 11 is 5.16. The number of halogens is 2. The van der Waals surface area contributed by atoms with E-state index in [2.05, 4.69) is 32.3 Å². The molecule has 1 aromatic carbocycles. The second-order valence-corrected chi connectivity index (χ2v) is 6.95. The van der Waals surface area contributed by atoms with Crippen molar-refractivity contribution in [3.63, 3.8) is 0 Å². The zero-order valence-corrected chi connectivity index (χ0v) is 14.2. The summed E-state index contributed by atoms with van der Waals surface area (Å²) in [5.74, 6) is -0.201. The molecule has 1 atom stereocenters. The van der Waals surface area contributed by atoms with Crippen molar-refractivity contribution in [2.75, 3.05) is 11.9 Å². The van der Waals surface area contributed by atoms with Crippen molar-refractivity contribution in [1.82, 2.24) is 0 Å². The molecule has 1 unspecified atom stereocenters. The maximum atomic E-state index is 13.7. The molecule has 5 heteroatoms. The number of benzene rings is 1. The molecule has 20 heavy (non-hydrogen) atoms. The van der Waals surface area contributed by atoms with Gasteiger partial charge in [-0.15, -0.1) is 11.3 Å². The quantitative estimate of drug-likeness (QED) is 0.866. The highest BCUT2D eigenvalue weighted by Crippen LogP contribution is 2.30. The Balaban J connectivity index is 2.33. The first-order chi connectivity index (χ1) is 9.38. The number of hydrogen-bond acceptors (Lipinski definition) is 3. The number of thiophene rings is 1. The summed E-state index contributed by atoms with van der Waals surface area (Å²) < 4.78 is 14.8. The molecule has 0 saturated heterocycles. The van der Waals surface area contributed by atoms with Crippen LogP contribution in [0, 0.1) is 12.7 Å². The molecule has 2 N–H and O–H groups in total. The van der Waals surface area contributed by atoms with Crippen molar-refractivity contribution in [3.05, 3.63) is 49.9 Å². The van der Waals surface area contributed by atoms with Crippen molar-refractivity contribution in [3.8, 4) is 0 Å². The molecule has 0 spiro atoms. The molecule has 1 aromatic heterocycles. The lowest BCUT2D eigenvalue weighted by molar-refractivity contribution is 0.612. The lowest BCUT2D eigenvalue weighted by atomic mass is 10.0. The van der Waals surface area contributed by atoms with Gasteiger partial charge in [0.25, 0.3) is 0 Å². The van der Waals surface area contributed by atoms with E-state index in [1.165, 1.54) is 4.88 Å². The Hall–Kier alpha value is -0.910. The van der Waals surface area contributed by atoms with Crippen LogP contribution in [0.1, 0.15) is 29.0 Å². The lowest BCUT2D eigenvalue weighted by Gasteiger charge is -2.24. The largest absolute Gasteiger partial charge is 0.369 e.